The average molecular weight is 246 g/mol. The average Bonchev–Trinajstić information content (AvgIpc) is 2.12. The van der Waals surface area contributed by atoms with Crippen molar-refractivity contribution in [3.63, 3.8) is 0 Å². The zero-order chi connectivity index (χ0) is 10.0. The number of aromatic nitrogens is 1. The quantitative estimate of drug-likeness (QED) is 0.692. The van der Waals surface area contributed by atoms with Gasteiger partial charge in [0.15, 0.2) is 0 Å². The monoisotopic (exact) mass is 245 g/mol. The standard InChI is InChI=1S/C8H8BrNO3/c1-10-6(11)4-3-5(9)7(10)8(12)13-2/h3-4H,1-2H3. The molecule has 0 radical (unpaired) electrons. The smallest absolute Gasteiger partial charge is 0.355 e. The highest BCUT2D eigenvalue weighted by molar-refractivity contribution is 9.10. The number of esters is 1. The molecule has 4 nitrogen and oxygen atoms in total. The van der Waals surface area contributed by atoms with E-state index < -0.39 is 5.97 Å². The highest BCUT2D eigenvalue weighted by Gasteiger charge is 2.13. The molecule has 0 saturated carbocycles. The van der Waals surface area contributed by atoms with Crippen molar-refractivity contribution in [3.8, 4) is 0 Å². The lowest BCUT2D eigenvalue weighted by atomic mass is 10.3. The lowest BCUT2D eigenvalue weighted by molar-refractivity contribution is 0.0587. The molecular weight excluding hydrogens is 238 g/mol. The van der Waals surface area contributed by atoms with Crippen LogP contribution < -0.4 is 5.56 Å². The second-order valence-electron chi connectivity index (χ2n) is 2.42. The van der Waals surface area contributed by atoms with Crippen LogP contribution in [0.2, 0.25) is 0 Å². The number of hydrogen-bond donors (Lipinski definition) is 0. The van der Waals surface area contributed by atoms with Crippen LogP contribution in [0, 0.1) is 0 Å². The van der Waals surface area contributed by atoms with Gasteiger partial charge in [-0.2, -0.15) is 0 Å². The topological polar surface area (TPSA) is 48.3 Å². The largest absolute Gasteiger partial charge is 0.464 e. The molecule has 0 spiro atoms. The Morgan fingerprint density at radius 3 is 2.69 bits per heavy atom. The third kappa shape index (κ3) is 1.80. The minimum absolute atomic E-state index is 0.218. The molecule has 0 aliphatic rings. The summed E-state index contributed by atoms with van der Waals surface area (Å²) < 4.78 is 6.30. The molecule has 0 N–H and O–H groups in total. The number of rotatable bonds is 1. The molecule has 13 heavy (non-hydrogen) atoms. The first-order valence-electron chi connectivity index (χ1n) is 3.51. The first-order chi connectivity index (χ1) is 6.07. The molecular formula is C8H8BrNO3. The number of methoxy groups -OCH3 is 1. The van der Waals surface area contributed by atoms with Crippen molar-refractivity contribution < 1.29 is 9.53 Å². The maximum absolute atomic E-state index is 11.2. The van der Waals surface area contributed by atoms with Gasteiger partial charge in [-0.05, 0) is 22.0 Å². The van der Waals surface area contributed by atoms with Gasteiger partial charge in [-0.25, -0.2) is 4.79 Å². The Balaban J connectivity index is 3.42. The van der Waals surface area contributed by atoms with Crippen LogP contribution in [-0.4, -0.2) is 17.6 Å². The maximum Gasteiger partial charge on any atom is 0.355 e. The van der Waals surface area contributed by atoms with Gasteiger partial charge in [0.25, 0.3) is 5.56 Å². The Morgan fingerprint density at radius 1 is 1.54 bits per heavy atom. The van der Waals surface area contributed by atoms with Crippen LogP contribution in [-0.2, 0) is 11.8 Å². The van der Waals surface area contributed by atoms with E-state index in [1.165, 1.54) is 30.9 Å². The van der Waals surface area contributed by atoms with Gasteiger partial charge in [-0.1, -0.05) is 0 Å². The molecule has 1 heterocycles. The molecule has 1 aromatic heterocycles. The molecule has 0 aromatic carbocycles. The van der Waals surface area contributed by atoms with Crippen molar-refractivity contribution in [2.24, 2.45) is 7.05 Å². The van der Waals surface area contributed by atoms with E-state index in [9.17, 15) is 9.59 Å². The number of carbonyl (C=O) groups excluding carboxylic acids is 1. The van der Waals surface area contributed by atoms with E-state index in [0.29, 0.717) is 4.47 Å². The molecule has 1 rings (SSSR count). The molecule has 1 aromatic rings. The number of halogens is 1. The van der Waals surface area contributed by atoms with Gasteiger partial charge in [-0.3, -0.25) is 4.79 Å². The van der Waals surface area contributed by atoms with Gasteiger partial charge in [0, 0.05) is 17.6 Å². The van der Waals surface area contributed by atoms with Gasteiger partial charge >= 0.3 is 5.97 Å². The first-order valence-corrected chi connectivity index (χ1v) is 4.31. The molecule has 70 valence electrons. The van der Waals surface area contributed by atoms with Crippen molar-refractivity contribution in [3.05, 3.63) is 32.7 Å². The van der Waals surface area contributed by atoms with Crippen LogP contribution in [0.3, 0.4) is 0 Å². The van der Waals surface area contributed by atoms with Crippen molar-refractivity contribution in [1.29, 1.82) is 0 Å². The van der Waals surface area contributed by atoms with Crippen LogP contribution in [0.5, 0.6) is 0 Å². The van der Waals surface area contributed by atoms with E-state index in [4.69, 9.17) is 0 Å². The van der Waals surface area contributed by atoms with E-state index in [-0.39, 0.29) is 11.3 Å². The van der Waals surface area contributed by atoms with E-state index in [2.05, 4.69) is 20.7 Å². The zero-order valence-electron chi connectivity index (χ0n) is 7.20. The highest BCUT2D eigenvalue weighted by atomic mass is 79.9. The van der Waals surface area contributed by atoms with Crippen LogP contribution in [0.25, 0.3) is 0 Å². The zero-order valence-corrected chi connectivity index (χ0v) is 8.79. The van der Waals surface area contributed by atoms with Crippen LogP contribution in [0.15, 0.2) is 21.4 Å². The summed E-state index contributed by atoms with van der Waals surface area (Å²) >= 11 is 3.16. The number of nitrogens with zero attached hydrogens (tertiary/aromatic N) is 1. The summed E-state index contributed by atoms with van der Waals surface area (Å²) in [5.41, 5.74) is -0.0291. The number of hydrogen-bond acceptors (Lipinski definition) is 3. The van der Waals surface area contributed by atoms with Crippen molar-refractivity contribution in [2.75, 3.05) is 7.11 Å². The van der Waals surface area contributed by atoms with Crippen LogP contribution >= 0.6 is 15.9 Å². The highest BCUT2D eigenvalue weighted by Crippen LogP contribution is 2.14. The fourth-order valence-electron chi connectivity index (χ4n) is 0.937. The van der Waals surface area contributed by atoms with Gasteiger partial charge in [-0.15, -0.1) is 0 Å². The summed E-state index contributed by atoms with van der Waals surface area (Å²) in [4.78, 5) is 22.3. The lowest BCUT2D eigenvalue weighted by Crippen LogP contribution is -2.23. The van der Waals surface area contributed by atoms with E-state index in [0.717, 1.165) is 0 Å². The summed E-state index contributed by atoms with van der Waals surface area (Å²) in [5, 5.41) is 0. The molecule has 0 unspecified atom stereocenters. The minimum atomic E-state index is -0.535. The number of carbonyl (C=O) groups is 1. The Bertz CT molecular complexity index is 397. The van der Waals surface area contributed by atoms with Crippen molar-refractivity contribution in [1.82, 2.24) is 4.57 Å². The molecule has 0 aliphatic carbocycles. The van der Waals surface area contributed by atoms with Crippen molar-refractivity contribution >= 4 is 21.9 Å². The molecule has 0 aliphatic heterocycles. The van der Waals surface area contributed by atoms with E-state index in [1.54, 1.807) is 0 Å². The van der Waals surface area contributed by atoms with Gasteiger partial charge in [0.2, 0.25) is 0 Å². The first kappa shape index (κ1) is 9.98. The molecule has 0 fully saturated rings. The third-order valence-corrected chi connectivity index (χ3v) is 2.28. The maximum atomic E-state index is 11.2. The van der Waals surface area contributed by atoms with Crippen molar-refractivity contribution in [2.45, 2.75) is 0 Å². The van der Waals surface area contributed by atoms with Crippen LogP contribution in [0.4, 0.5) is 0 Å². The Kier molecular flexibility index (Phi) is 2.87. The summed E-state index contributed by atoms with van der Waals surface area (Å²) in [6.45, 7) is 0. The molecule has 0 saturated heterocycles. The number of ether oxygens (including phenoxy) is 1. The second kappa shape index (κ2) is 3.74. The van der Waals surface area contributed by atoms with Gasteiger partial charge in [0.05, 0.1) is 7.11 Å². The normalized spacial score (nSPS) is 9.77. The third-order valence-electron chi connectivity index (χ3n) is 1.64. The van der Waals surface area contributed by atoms with Gasteiger partial charge < -0.3 is 9.30 Å². The SMILES string of the molecule is COC(=O)c1c(Br)ccc(=O)n1C. The van der Waals surface area contributed by atoms with E-state index >= 15 is 0 Å². The Labute approximate surface area is 83.3 Å². The lowest BCUT2D eigenvalue weighted by Gasteiger charge is -2.06. The second-order valence-corrected chi connectivity index (χ2v) is 3.27. The fraction of sp³-hybridized carbons (Fsp3) is 0.250. The molecule has 0 amide bonds. The van der Waals surface area contributed by atoms with Crippen LogP contribution in [0.1, 0.15) is 10.5 Å². The fourth-order valence-corrected chi connectivity index (χ4v) is 1.50. The van der Waals surface area contributed by atoms with E-state index in [1.807, 2.05) is 0 Å². The molecule has 5 heteroatoms. The number of pyridine rings is 1. The summed E-state index contributed by atoms with van der Waals surface area (Å²) in [5.74, 6) is -0.535. The van der Waals surface area contributed by atoms with Gasteiger partial charge in [0.1, 0.15) is 5.69 Å². The summed E-state index contributed by atoms with van der Waals surface area (Å²) in [7, 11) is 2.78. The molecule has 0 bridgehead atoms. The Morgan fingerprint density at radius 2 is 2.15 bits per heavy atom. The predicted octanol–water partition coefficient (Wildman–Crippen LogP) is 0.934. The Hall–Kier alpha value is -1.10. The predicted molar refractivity (Wildman–Crippen MR) is 50.7 cm³/mol. The summed E-state index contributed by atoms with van der Waals surface area (Å²) in [6, 6.07) is 2.89. The summed E-state index contributed by atoms with van der Waals surface area (Å²) in [6.07, 6.45) is 0. The molecule has 0 atom stereocenters. The minimum Gasteiger partial charge on any atom is -0.464 e.